The molecular weight excluding hydrogens is 252 g/mol. The van der Waals surface area contributed by atoms with Crippen molar-refractivity contribution in [2.24, 2.45) is 0 Å². The van der Waals surface area contributed by atoms with Gasteiger partial charge in [0.05, 0.1) is 6.33 Å². The first-order valence-corrected chi connectivity index (χ1v) is 5.88. The van der Waals surface area contributed by atoms with Crippen molar-refractivity contribution >= 4 is 17.8 Å². The Bertz CT molecular complexity index is 511. The molecule has 2 heterocycles. The number of carboxylic acid groups (broad SMARTS) is 1. The molecule has 1 saturated heterocycles. The largest absolute Gasteiger partial charge is 0.476 e. The Kier molecular flexibility index (Phi) is 3.79. The number of amides is 2. The van der Waals surface area contributed by atoms with Crippen molar-refractivity contribution in [1.29, 1.82) is 0 Å². The van der Waals surface area contributed by atoms with Gasteiger partial charge < -0.3 is 20.3 Å². The number of imidazole rings is 1. The van der Waals surface area contributed by atoms with Gasteiger partial charge in [-0.1, -0.05) is 0 Å². The number of nitrogens with zero attached hydrogens (tertiary/aromatic N) is 2. The molecule has 0 aliphatic carbocycles. The van der Waals surface area contributed by atoms with Gasteiger partial charge in [0.2, 0.25) is 11.8 Å². The van der Waals surface area contributed by atoms with E-state index in [0.29, 0.717) is 25.9 Å². The van der Waals surface area contributed by atoms with Crippen LogP contribution in [0.5, 0.6) is 0 Å². The predicted molar refractivity (Wildman–Crippen MR) is 63.4 cm³/mol. The standard InChI is InChI=1S/C11H14N4O4/c16-9-2-1-7(14-9)10(17)12-3-4-15-5-8(11(18)19)13-6-15/h5-7H,1-4H2,(H,12,17)(H,14,16)(H,18,19)/t7-/m1/s1. The fourth-order valence-corrected chi connectivity index (χ4v) is 1.83. The van der Waals surface area contributed by atoms with Crippen molar-refractivity contribution in [3.63, 3.8) is 0 Å². The molecule has 19 heavy (non-hydrogen) atoms. The molecule has 0 aromatic carbocycles. The van der Waals surface area contributed by atoms with Crippen LogP contribution in [0.15, 0.2) is 12.5 Å². The summed E-state index contributed by atoms with van der Waals surface area (Å²) in [7, 11) is 0. The van der Waals surface area contributed by atoms with Crippen molar-refractivity contribution < 1.29 is 19.5 Å². The van der Waals surface area contributed by atoms with E-state index in [4.69, 9.17) is 5.11 Å². The second-order valence-corrected chi connectivity index (χ2v) is 4.25. The molecular formula is C11H14N4O4. The maximum Gasteiger partial charge on any atom is 0.356 e. The number of hydrogen-bond acceptors (Lipinski definition) is 4. The number of aromatic carboxylic acids is 1. The van der Waals surface area contributed by atoms with E-state index >= 15 is 0 Å². The fourth-order valence-electron chi connectivity index (χ4n) is 1.83. The van der Waals surface area contributed by atoms with E-state index < -0.39 is 12.0 Å². The lowest BCUT2D eigenvalue weighted by Gasteiger charge is -2.10. The first-order valence-electron chi connectivity index (χ1n) is 5.88. The lowest BCUT2D eigenvalue weighted by Crippen LogP contribution is -2.42. The molecule has 1 aliphatic rings. The Balaban J connectivity index is 1.75. The quantitative estimate of drug-likeness (QED) is 0.631. The Morgan fingerprint density at radius 2 is 2.37 bits per heavy atom. The van der Waals surface area contributed by atoms with Crippen LogP contribution in [0.1, 0.15) is 23.3 Å². The molecule has 1 aromatic heterocycles. The van der Waals surface area contributed by atoms with Crippen LogP contribution in [0.4, 0.5) is 0 Å². The molecule has 0 radical (unpaired) electrons. The summed E-state index contributed by atoms with van der Waals surface area (Å²) < 4.78 is 1.58. The SMILES string of the molecule is O=C1CC[C@H](C(=O)NCCn2cnc(C(=O)O)c2)N1. The molecule has 3 N–H and O–H groups in total. The van der Waals surface area contributed by atoms with Crippen molar-refractivity contribution in [3.8, 4) is 0 Å². The lowest BCUT2D eigenvalue weighted by molar-refractivity contribution is -0.125. The second kappa shape index (κ2) is 5.51. The van der Waals surface area contributed by atoms with Gasteiger partial charge in [-0.3, -0.25) is 9.59 Å². The van der Waals surface area contributed by atoms with Gasteiger partial charge in [0, 0.05) is 25.7 Å². The van der Waals surface area contributed by atoms with Crippen LogP contribution in [0.2, 0.25) is 0 Å². The maximum absolute atomic E-state index is 11.6. The van der Waals surface area contributed by atoms with Gasteiger partial charge in [-0.15, -0.1) is 0 Å². The second-order valence-electron chi connectivity index (χ2n) is 4.25. The summed E-state index contributed by atoms with van der Waals surface area (Å²) in [5, 5.41) is 14.0. The predicted octanol–water partition coefficient (Wildman–Crippen LogP) is -1.02. The van der Waals surface area contributed by atoms with Crippen molar-refractivity contribution in [1.82, 2.24) is 20.2 Å². The summed E-state index contributed by atoms with van der Waals surface area (Å²) in [5.74, 6) is -1.42. The molecule has 2 amide bonds. The Labute approximate surface area is 108 Å². The van der Waals surface area contributed by atoms with Gasteiger partial charge in [-0.05, 0) is 6.42 Å². The summed E-state index contributed by atoms with van der Waals surface area (Å²) >= 11 is 0. The van der Waals surface area contributed by atoms with Gasteiger partial charge in [0.25, 0.3) is 0 Å². The van der Waals surface area contributed by atoms with E-state index in [1.165, 1.54) is 12.5 Å². The van der Waals surface area contributed by atoms with Crippen LogP contribution in [-0.4, -0.2) is 45.0 Å². The summed E-state index contributed by atoms with van der Waals surface area (Å²) in [6, 6.07) is -0.454. The molecule has 2 rings (SSSR count). The van der Waals surface area contributed by atoms with Crippen molar-refractivity contribution in [3.05, 3.63) is 18.2 Å². The highest BCUT2D eigenvalue weighted by Gasteiger charge is 2.26. The molecule has 1 fully saturated rings. The van der Waals surface area contributed by atoms with E-state index in [1.807, 2.05) is 0 Å². The Hall–Kier alpha value is -2.38. The first-order chi connectivity index (χ1) is 9.06. The third-order valence-electron chi connectivity index (χ3n) is 2.83. The van der Waals surface area contributed by atoms with Crippen molar-refractivity contribution in [2.45, 2.75) is 25.4 Å². The zero-order valence-corrected chi connectivity index (χ0v) is 10.1. The zero-order valence-electron chi connectivity index (χ0n) is 10.1. The fraction of sp³-hybridized carbons (Fsp3) is 0.455. The minimum Gasteiger partial charge on any atom is -0.476 e. The average molecular weight is 266 g/mol. The monoisotopic (exact) mass is 266 g/mol. The van der Waals surface area contributed by atoms with Gasteiger partial charge in [0.1, 0.15) is 6.04 Å². The van der Waals surface area contributed by atoms with E-state index in [2.05, 4.69) is 15.6 Å². The van der Waals surface area contributed by atoms with Crippen molar-refractivity contribution in [2.75, 3.05) is 6.54 Å². The molecule has 0 saturated carbocycles. The lowest BCUT2D eigenvalue weighted by atomic mass is 10.2. The van der Waals surface area contributed by atoms with E-state index in [1.54, 1.807) is 4.57 Å². The molecule has 8 heteroatoms. The molecule has 0 bridgehead atoms. The van der Waals surface area contributed by atoms with E-state index in [0.717, 1.165) is 0 Å². The average Bonchev–Trinajstić information content (AvgIpc) is 2.98. The molecule has 0 unspecified atom stereocenters. The number of hydrogen-bond donors (Lipinski definition) is 3. The smallest absolute Gasteiger partial charge is 0.356 e. The number of nitrogens with one attached hydrogen (secondary N) is 2. The summed E-state index contributed by atoms with van der Waals surface area (Å²) in [4.78, 5) is 36.9. The van der Waals surface area contributed by atoms with Crippen LogP contribution >= 0.6 is 0 Å². The van der Waals surface area contributed by atoms with Gasteiger partial charge in [-0.2, -0.15) is 0 Å². The Morgan fingerprint density at radius 3 is 2.95 bits per heavy atom. The first kappa shape index (κ1) is 13.1. The summed E-state index contributed by atoms with van der Waals surface area (Å²) in [6.45, 7) is 0.771. The van der Waals surface area contributed by atoms with Crippen LogP contribution < -0.4 is 10.6 Å². The molecule has 1 atom stereocenters. The highest BCUT2D eigenvalue weighted by Crippen LogP contribution is 2.06. The Morgan fingerprint density at radius 1 is 1.58 bits per heavy atom. The van der Waals surface area contributed by atoms with Crippen LogP contribution in [-0.2, 0) is 16.1 Å². The molecule has 102 valence electrons. The molecule has 8 nitrogen and oxygen atoms in total. The summed E-state index contributed by atoms with van der Waals surface area (Å²) in [6.07, 6.45) is 3.68. The maximum atomic E-state index is 11.6. The number of carbonyl (C=O) groups is 3. The minimum atomic E-state index is -1.09. The number of rotatable bonds is 5. The number of aromatic nitrogens is 2. The summed E-state index contributed by atoms with van der Waals surface area (Å²) in [5.41, 5.74) is -0.0330. The zero-order chi connectivity index (χ0) is 13.8. The van der Waals surface area contributed by atoms with Crippen LogP contribution in [0, 0.1) is 0 Å². The van der Waals surface area contributed by atoms with Gasteiger partial charge in [0.15, 0.2) is 5.69 Å². The third-order valence-corrected chi connectivity index (χ3v) is 2.83. The van der Waals surface area contributed by atoms with Crippen LogP contribution in [0.3, 0.4) is 0 Å². The number of carbonyl (C=O) groups excluding carboxylic acids is 2. The number of carboxylic acids is 1. The van der Waals surface area contributed by atoms with E-state index in [9.17, 15) is 14.4 Å². The molecule has 0 spiro atoms. The third kappa shape index (κ3) is 3.30. The van der Waals surface area contributed by atoms with Crippen LogP contribution in [0.25, 0.3) is 0 Å². The highest BCUT2D eigenvalue weighted by atomic mass is 16.4. The minimum absolute atomic E-state index is 0.0330. The van der Waals surface area contributed by atoms with E-state index in [-0.39, 0.29) is 17.5 Å². The highest BCUT2D eigenvalue weighted by molar-refractivity contribution is 5.90. The molecule has 1 aromatic rings. The molecule has 1 aliphatic heterocycles. The van der Waals surface area contributed by atoms with Gasteiger partial charge in [-0.25, -0.2) is 9.78 Å². The van der Waals surface area contributed by atoms with Gasteiger partial charge >= 0.3 is 5.97 Å². The topological polar surface area (TPSA) is 113 Å². The normalized spacial score (nSPS) is 18.1.